The molecule has 0 spiro atoms. The number of halogens is 1. The van der Waals surface area contributed by atoms with Gasteiger partial charge in [-0.3, -0.25) is 9.59 Å². The van der Waals surface area contributed by atoms with Gasteiger partial charge in [-0.2, -0.15) is 0 Å². The van der Waals surface area contributed by atoms with Gasteiger partial charge < -0.3 is 19.3 Å². The molecule has 6 nitrogen and oxygen atoms in total. The van der Waals surface area contributed by atoms with Crippen molar-refractivity contribution >= 4 is 40.4 Å². The van der Waals surface area contributed by atoms with Gasteiger partial charge in [-0.05, 0) is 24.3 Å². The Balaban J connectivity index is 1.72. The lowest BCUT2D eigenvalue weighted by Crippen LogP contribution is -2.34. The van der Waals surface area contributed by atoms with E-state index >= 15 is 0 Å². The van der Waals surface area contributed by atoms with Crippen LogP contribution in [0.25, 0.3) is 0 Å². The summed E-state index contributed by atoms with van der Waals surface area (Å²) in [6.07, 6.45) is 0.184. The second kappa shape index (κ2) is 8.19. The molecule has 0 saturated carbocycles. The van der Waals surface area contributed by atoms with E-state index in [2.05, 4.69) is 0 Å². The number of benzene rings is 1. The summed E-state index contributed by atoms with van der Waals surface area (Å²) in [6.45, 7) is 0.808. The van der Waals surface area contributed by atoms with Gasteiger partial charge in [0.2, 0.25) is 11.8 Å². The second-order valence-corrected chi connectivity index (χ2v) is 8.14. The largest absolute Gasteiger partial charge is 0.497 e. The van der Waals surface area contributed by atoms with E-state index in [-0.39, 0.29) is 24.2 Å². The van der Waals surface area contributed by atoms with Gasteiger partial charge in [-0.15, -0.1) is 11.3 Å². The molecule has 1 unspecified atom stereocenters. The van der Waals surface area contributed by atoms with Gasteiger partial charge in [0.15, 0.2) is 0 Å². The molecule has 27 heavy (non-hydrogen) atoms. The predicted molar refractivity (Wildman–Crippen MR) is 106 cm³/mol. The van der Waals surface area contributed by atoms with E-state index in [0.717, 1.165) is 4.88 Å². The van der Waals surface area contributed by atoms with Crippen molar-refractivity contribution in [2.75, 3.05) is 32.7 Å². The summed E-state index contributed by atoms with van der Waals surface area (Å²) in [5.41, 5.74) is 0.645. The van der Waals surface area contributed by atoms with Crippen molar-refractivity contribution in [2.45, 2.75) is 13.0 Å². The summed E-state index contributed by atoms with van der Waals surface area (Å²) in [6, 6.07) is 9.00. The molecule has 1 aromatic heterocycles. The molecule has 1 aliphatic heterocycles. The maximum atomic E-state index is 12.8. The van der Waals surface area contributed by atoms with Crippen molar-refractivity contribution in [2.24, 2.45) is 5.92 Å². The first-order valence-electron chi connectivity index (χ1n) is 8.44. The van der Waals surface area contributed by atoms with Gasteiger partial charge in [-0.1, -0.05) is 11.6 Å². The fourth-order valence-corrected chi connectivity index (χ4v) is 4.31. The number of nitrogens with zero attached hydrogens (tertiary/aromatic N) is 2. The monoisotopic (exact) mass is 408 g/mol. The minimum atomic E-state index is -0.384. The van der Waals surface area contributed by atoms with Crippen LogP contribution in [0.3, 0.4) is 0 Å². The molecule has 0 N–H and O–H groups in total. The van der Waals surface area contributed by atoms with E-state index in [1.54, 1.807) is 49.3 Å². The highest BCUT2D eigenvalue weighted by Gasteiger charge is 2.37. The highest BCUT2D eigenvalue weighted by Crippen LogP contribution is 2.36. The summed E-state index contributed by atoms with van der Waals surface area (Å²) >= 11 is 7.40. The van der Waals surface area contributed by atoms with Crippen molar-refractivity contribution < 1.29 is 19.1 Å². The smallest absolute Gasteiger partial charge is 0.228 e. The number of carbonyl (C=O) groups excluding carboxylic acids is 2. The van der Waals surface area contributed by atoms with Crippen LogP contribution in [0.15, 0.2) is 30.3 Å². The number of anilines is 1. The van der Waals surface area contributed by atoms with E-state index in [0.29, 0.717) is 34.6 Å². The highest BCUT2D eigenvalue weighted by atomic mass is 35.5. The molecule has 1 fully saturated rings. The number of amides is 2. The summed E-state index contributed by atoms with van der Waals surface area (Å²) < 4.78 is 11.3. The Morgan fingerprint density at radius 1 is 1.30 bits per heavy atom. The third-order valence-electron chi connectivity index (χ3n) is 4.55. The van der Waals surface area contributed by atoms with Crippen LogP contribution in [0, 0.1) is 5.92 Å². The Kier molecular flexibility index (Phi) is 5.92. The molecule has 0 aliphatic carbocycles. The first-order chi connectivity index (χ1) is 12.9. The maximum absolute atomic E-state index is 12.8. The first kappa shape index (κ1) is 19.5. The number of rotatable bonds is 6. The van der Waals surface area contributed by atoms with E-state index in [9.17, 15) is 9.59 Å². The summed E-state index contributed by atoms with van der Waals surface area (Å²) in [7, 11) is 4.86. The molecule has 0 radical (unpaired) electrons. The number of ether oxygens (including phenoxy) is 2. The average molecular weight is 409 g/mol. The second-order valence-electron chi connectivity index (χ2n) is 6.34. The van der Waals surface area contributed by atoms with Crippen LogP contribution in [-0.2, 0) is 16.1 Å². The average Bonchev–Trinajstić information content (AvgIpc) is 3.25. The van der Waals surface area contributed by atoms with Crippen LogP contribution in [0.5, 0.6) is 11.5 Å². The van der Waals surface area contributed by atoms with E-state index < -0.39 is 0 Å². The fourth-order valence-electron chi connectivity index (χ4n) is 3.17. The quantitative estimate of drug-likeness (QED) is 0.734. The Labute approximate surface area is 167 Å². The van der Waals surface area contributed by atoms with E-state index in [4.69, 9.17) is 21.1 Å². The molecular weight excluding hydrogens is 388 g/mol. The third-order valence-corrected chi connectivity index (χ3v) is 5.77. The lowest BCUT2D eigenvalue weighted by molar-refractivity contribution is -0.135. The van der Waals surface area contributed by atoms with Gasteiger partial charge in [0, 0.05) is 31.0 Å². The highest BCUT2D eigenvalue weighted by molar-refractivity contribution is 7.16. The summed E-state index contributed by atoms with van der Waals surface area (Å²) in [4.78, 5) is 29.6. The van der Waals surface area contributed by atoms with Crippen LogP contribution >= 0.6 is 22.9 Å². The Morgan fingerprint density at radius 3 is 2.70 bits per heavy atom. The molecule has 1 saturated heterocycles. The maximum Gasteiger partial charge on any atom is 0.228 e. The molecule has 1 aromatic carbocycles. The number of hydrogen-bond acceptors (Lipinski definition) is 5. The number of hydrogen-bond donors (Lipinski definition) is 0. The van der Waals surface area contributed by atoms with Crippen LogP contribution < -0.4 is 14.4 Å². The molecule has 8 heteroatoms. The SMILES string of the molecule is COc1ccc(N2CC(C(=O)N(C)Cc3ccc(Cl)s3)CC2=O)c(OC)c1. The summed E-state index contributed by atoms with van der Waals surface area (Å²) in [5, 5.41) is 0. The van der Waals surface area contributed by atoms with Crippen molar-refractivity contribution in [3.63, 3.8) is 0 Å². The molecule has 144 valence electrons. The molecule has 1 atom stereocenters. The van der Waals surface area contributed by atoms with Gasteiger partial charge >= 0.3 is 0 Å². The molecule has 2 aromatic rings. The zero-order valence-corrected chi connectivity index (χ0v) is 17.0. The topological polar surface area (TPSA) is 59.1 Å². The van der Waals surface area contributed by atoms with Gasteiger partial charge in [-0.25, -0.2) is 0 Å². The predicted octanol–water partition coefficient (Wildman–Crippen LogP) is 3.43. The van der Waals surface area contributed by atoms with Crippen molar-refractivity contribution in [1.82, 2.24) is 4.90 Å². The molecule has 3 rings (SSSR count). The molecule has 1 aliphatic rings. The Hall–Kier alpha value is -2.25. The van der Waals surface area contributed by atoms with Gasteiger partial charge in [0.1, 0.15) is 11.5 Å². The van der Waals surface area contributed by atoms with Crippen LogP contribution in [0.2, 0.25) is 4.34 Å². The number of methoxy groups -OCH3 is 2. The Morgan fingerprint density at radius 2 is 2.07 bits per heavy atom. The number of thiophene rings is 1. The van der Waals surface area contributed by atoms with E-state index in [1.807, 2.05) is 12.1 Å². The van der Waals surface area contributed by atoms with Crippen LogP contribution in [0.4, 0.5) is 5.69 Å². The lowest BCUT2D eigenvalue weighted by atomic mass is 10.1. The molecule has 2 amide bonds. The van der Waals surface area contributed by atoms with Crippen molar-refractivity contribution in [1.29, 1.82) is 0 Å². The third kappa shape index (κ3) is 4.20. The standard InChI is InChI=1S/C19H21ClN2O4S/c1-21(11-14-5-7-17(20)27-14)19(24)12-8-18(23)22(10-12)15-6-4-13(25-2)9-16(15)26-3/h4-7,9,12H,8,10-11H2,1-3H3. The molecule has 0 bridgehead atoms. The van der Waals surface area contributed by atoms with E-state index in [1.165, 1.54) is 11.3 Å². The minimum absolute atomic E-state index is 0.0529. The van der Waals surface area contributed by atoms with Gasteiger partial charge in [0.25, 0.3) is 0 Å². The van der Waals surface area contributed by atoms with Crippen molar-refractivity contribution in [3.05, 3.63) is 39.5 Å². The van der Waals surface area contributed by atoms with Crippen LogP contribution in [0.1, 0.15) is 11.3 Å². The van der Waals surface area contributed by atoms with Crippen molar-refractivity contribution in [3.8, 4) is 11.5 Å². The van der Waals surface area contributed by atoms with Gasteiger partial charge in [0.05, 0.1) is 36.7 Å². The zero-order valence-electron chi connectivity index (χ0n) is 15.4. The Bertz CT molecular complexity index is 854. The fraction of sp³-hybridized carbons (Fsp3) is 0.368. The lowest BCUT2D eigenvalue weighted by Gasteiger charge is -2.22. The zero-order chi connectivity index (χ0) is 19.6. The molecule has 2 heterocycles. The summed E-state index contributed by atoms with van der Waals surface area (Å²) in [5.74, 6) is 0.651. The minimum Gasteiger partial charge on any atom is -0.497 e. The number of carbonyl (C=O) groups is 2. The first-order valence-corrected chi connectivity index (χ1v) is 9.64. The molecular formula is C19H21ClN2O4S. The normalized spacial score (nSPS) is 16.5. The van der Waals surface area contributed by atoms with Crippen LogP contribution in [-0.4, -0.2) is 44.5 Å².